The first-order chi connectivity index (χ1) is 12.0. The van der Waals surface area contributed by atoms with Crippen molar-refractivity contribution in [3.8, 4) is 0 Å². The molecular formula is C17H23N3O4S. The first-order valence-electron chi connectivity index (χ1n) is 8.45. The van der Waals surface area contributed by atoms with Crippen molar-refractivity contribution in [2.45, 2.75) is 43.4 Å². The normalized spacial score (nSPS) is 14.4. The minimum Gasteiger partial charge on any atom is -0.366 e. The van der Waals surface area contributed by atoms with Crippen LogP contribution in [0.4, 0.5) is 5.69 Å². The molecule has 1 saturated carbocycles. The number of amides is 2. The van der Waals surface area contributed by atoms with E-state index >= 15 is 0 Å². The van der Waals surface area contributed by atoms with Crippen LogP contribution in [0.3, 0.4) is 0 Å². The smallest absolute Gasteiger partial charge is 0.283 e. The van der Waals surface area contributed by atoms with E-state index in [4.69, 9.17) is 5.73 Å². The predicted octanol–water partition coefficient (Wildman–Crippen LogP) is 2.87. The Bertz CT molecular complexity index is 645. The van der Waals surface area contributed by atoms with Crippen molar-refractivity contribution in [2.75, 3.05) is 12.3 Å². The van der Waals surface area contributed by atoms with Gasteiger partial charge >= 0.3 is 0 Å². The van der Waals surface area contributed by atoms with Crippen molar-refractivity contribution in [1.29, 1.82) is 0 Å². The number of primary amides is 1. The van der Waals surface area contributed by atoms with Crippen molar-refractivity contribution in [3.05, 3.63) is 33.9 Å². The Hall–Kier alpha value is -2.09. The van der Waals surface area contributed by atoms with Crippen LogP contribution in [0.25, 0.3) is 0 Å². The predicted molar refractivity (Wildman–Crippen MR) is 96.5 cm³/mol. The average molecular weight is 365 g/mol. The number of nitro groups is 1. The Kier molecular flexibility index (Phi) is 7.24. The molecule has 0 unspecified atom stereocenters. The lowest BCUT2D eigenvalue weighted by Gasteiger charge is -2.09. The Balaban J connectivity index is 1.78. The molecule has 25 heavy (non-hydrogen) atoms. The van der Waals surface area contributed by atoms with Crippen LogP contribution in [0.2, 0.25) is 0 Å². The fourth-order valence-electron chi connectivity index (χ4n) is 3.05. The fourth-order valence-corrected chi connectivity index (χ4v) is 3.88. The summed E-state index contributed by atoms with van der Waals surface area (Å²) >= 11 is 1.08. The number of carbonyl (C=O) groups is 2. The highest BCUT2D eigenvalue weighted by atomic mass is 32.2. The van der Waals surface area contributed by atoms with Gasteiger partial charge in [0.25, 0.3) is 5.69 Å². The van der Waals surface area contributed by atoms with E-state index in [0.717, 1.165) is 36.6 Å². The third-order valence-electron chi connectivity index (χ3n) is 4.38. The van der Waals surface area contributed by atoms with Gasteiger partial charge in [-0.3, -0.25) is 19.7 Å². The zero-order chi connectivity index (χ0) is 18.2. The van der Waals surface area contributed by atoms with E-state index in [0.29, 0.717) is 11.4 Å². The summed E-state index contributed by atoms with van der Waals surface area (Å²) in [4.78, 5) is 33.9. The van der Waals surface area contributed by atoms with Gasteiger partial charge in [0.15, 0.2) is 0 Å². The molecule has 0 atom stereocenters. The van der Waals surface area contributed by atoms with Gasteiger partial charge in [-0.15, -0.1) is 11.8 Å². The van der Waals surface area contributed by atoms with Gasteiger partial charge in [0.05, 0.1) is 15.6 Å². The molecule has 2 rings (SSSR count). The van der Waals surface area contributed by atoms with Crippen molar-refractivity contribution in [2.24, 2.45) is 11.7 Å². The van der Waals surface area contributed by atoms with Gasteiger partial charge in [-0.25, -0.2) is 0 Å². The Morgan fingerprint density at radius 3 is 2.68 bits per heavy atom. The average Bonchev–Trinajstić information content (AvgIpc) is 3.10. The number of rotatable bonds is 9. The third kappa shape index (κ3) is 6.04. The van der Waals surface area contributed by atoms with Crippen molar-refractivity contribution in [3.63, 3.8) is 0 Å². The molecule has 0 bridgehead atoms. The summed E-state index contributed by atoms with van der Waals surface area (Å²) in [7, 11) is 0. The van der Waals surface area contributed by atoms with Gasteiger partial charge in [0.1, 0.15) is 0 Å². The molecule has 0 radical (unpaired) electrons. The van der Waals surface area contributed by atoms with Crippen LogP contribution in [0, 0.1) is 16.0 Å². The summed E-state index contributed by atoms with van der Waals surface area (Å²) in [6.07, 6.45) is 7.35. The second-order valence-electron chi connectivity index (χ2n) is 6.24. The maximum Gasteiger partial charge on any atom is 0.283 e. The monoisotopic (exact) mass is 365 g/mol. The van der Waals surface area contributed by atoms with Crippen molar-refractivity contribution in [1.82, 2.24) is 5.32 Å². The molecular weight excluding hydrogens is 342 g/mol. The number of nitrogens with zero attached hydrogens (tertiary/aromatic N) is 1. The maximum absolute atomic E-state index is 11.9. The van der Waals surface area contributed by atoms with E-state index in [9.17, 15) is 19.7 Å². The lowest BCUT2D eigenvalue weighted by molar-refractivity contribution is -0.387. The largest absolute Gasteiger partial charge is 0.366 e. The Morgan fingerprint density at radius 2 is 2.04 bits per heavy atom. The molecule has 3 N–H and O–H groups in total. The van der Waals surface area contributed by atoms with Crippen molar-refractivity contribution < 1.29 is 14.5 Å². The first-order valence-corrected chi connectivity index (χ1v) is 9.43. The molecule has 8 heteroatoms. The molecule has 136 valence electrons. The van der Waals surface area contributed by atoms with Crippen molar-refractivity contribution >= 4 is 29.3 Å². The zero-order valence-corrected chi connectivity index (χ0v) is 14.8. The number of hydrogen-bond donors (Lipinski definition) is 2. The van der Waals surface area contributed by atoms with E-state index in [-0.39, 0.29) is 22.9 Å². The molecule has 1 aliphatic rings. The van der Waals surface area contributed by atoms with Crippen LogP contribution < -0.4 is 11.1 Å². The van der Waals surface area contributed by atoms with Crippen LogP contribution >= 0.6 is 11.8 Å². The molecule has 1 aromatic rings. The molecule has 0 heterocycles. The number of nitrogens with two attached hydrogens (primary N) is 1. The van der Waals surface area contributed by atoms with Crippen LogP contribution in [0.1, 0.15) is 48.9 Å². The number of nitro benzene ring substituents is 1. The van der Waals surface area contributed by atoms with Gasteiger partial charge in [-0.05, 0) is 30.9 Å². The Morgan fingerprint density at radius 1 is 1.32 bits per heavy atom. The van der Waals surface area contributed by atoms with Crippen LogP contribution in [0.15, 0.2) is 23.1 Å². The van der Waals surface area contributed by atoms with Gasteiger partial charge in [0.2, 0.25) is 11.8 Å². The van der Waals surface area contributed by atoms with E-state index in [1.807, 2.05) is 0 Å². The topological polar surface area (TPSA) is 115 Å². The summed E-state index contributed by atoms with van der Waals surface area (Å²) in [6.45, 7) is 0.637. The molecule has 0 saturated heterocycles. The van der Waals surface area contributed by atoms with E-state index in [2.05, 4.69) is 5.32 Å². The molecule has 1 aliphatic carbocycles. The van der Waals surface area contributed by atoms with Crippen LogP contribution in [-0.2, 0) is 4.79 Å². The van der Waals surface area contributed by atoms with E-state index in [1.54, 1.807) is 0 Å². The molecule has 1 fully saturated rings. The molecule has 7 nitrogen and oxygen atoms in total. The minimum absolute atomic E-state index is 0.0763. The molecule has 0 aromatic heterocycles. The molecule has 1 aromatic carbocycles. The third-order valence-corrected chi connectivity index (χ3v) is 5.45. The minimum atomic E-state index is -0.723. The van der Waals surface area contributed by atoms with Gasteiger partial charge in [-0.1, -0.05) is 25.7 Å². The molecule has 0 spiro atoms. The number of nitrogens with one attached hydrogen (secondary N) is 1. The molecule has 0 aliphatic heterocycles. The van der Waals surface area contributed by atoms with E-state index in [1.165, 1.54) is 37.8 Å². The summed E-state index contributed by atoms with van der Waals surface area (Å²) in [5.74, 6) is 0.0299. The summed E-state index contributed by atoms with van der Waals surface area (Å²) in [5, 5.41) is 14.0. The van der Waals surface area contributed by atoms with Gasteiger partial charge in [0, 0.05) is 18.2 Å². The second kappa shape index (κ2) is 9.41. The number of carbonyl (C=O) groups excluding carboxylic acids is 2. The quantitative estimate of drug-likeness (QED) is 0.302. The summed E-state index contributed by atoms with van der Waals surface area (Å²) in [6, 6.07) is 4.03. The van der Waals surface area contributed by atoms with Gasteiger partial charge in [-0.2, -0.15) is 0 Å². The SMILES string of the molecule is NC(=O)c1ccc(SCC(=O)NCCCC2CCCC2)c([N+](=O)[O-])c1. The first kappa shape index (κ1) is 19.2. The van der Waals surface area contributed by atoms with Gasteiger partial charge < -0.3 is 11.1 Å². The number of benzene rings is 1. The number of thioether (sulfide) groups is 1. The van der Waals surface area contributed by atoms with Crippen LogP contribution in [0.5, 0.6) is 0 Å². The molecule has 2 amide bonds. The van der Waals surface area contributed by atoms with E-state index < -0.39 is 10.8 Å². The lowest BCUT2D eigenvalue weighted by atomic mass is 10.0. The van der Waals surface area contributed by atoms with Crippen LogP contribution in [-0.4, -0.2) is 29.0 Å². The highest BCUT2D eigenvalue weighted by Crippen LogP contribution is 2.30. The number of hydrogen-bond acceptors (Lipinski definition) is 5. The zero-order valence-electron chi connectivity index (χ0n) is 14.0. The highest BCUT2D eigenvalue weighted by molar-refractivity contribution is 8.00. The fraction of sp³-hybridized carbons (Fsp3) is 0.529. The summed E-state index contributed by atoms with van der Waals surface area (Å²) in [5.41, 5.74) is 5.00. The standard InChI is InChI=1S/C17H23N3O4S/c18-17(22)13-7-8-15(14(10-13)20(23)24)25-11-16(21)19-9-3-6-12-4-1-2-5-12/h7-8,10,12H,1-6,9,11H2,(H2,18,22)(H,19,21). The summed E-state index contributed by atoms with van der Waals surface area (Å²) < 4.78 is 0. The second-order valence-corrected chi connectivity index (χ2v) is 7.25. The highest BCUT2D eigenvalue weighted by Gasteiger charge is 2.18. The lowest BCUT2D eigenvalue weighted by Crippen LogP contribution is -2.26. The Labute approximate surface area is 150 Å². The maximum atomic E-state index is 11.9.